The molecule has 12 heavy (non-hydrogen) atoms. The van der Waals surface area contributed by atoms with Crippen molar-refractivity contribution in [1.29, 1.82) is 0 Å². The van der Waals surface area contributed by atoms with Gasteiger partial charge in [-0.3, -0.25) is 4.39 Å². The number of alkyl halides is 1. The van der Waals surface area contributed by atoms with Gasteiger partial charge in [0.2, 0.25) is 0 Å². The monoisotopic (exact) mass is 168 g/mol. The van der Waals surface area contributed by atoms with Gasteiger partial charge in [0.15, 0.2) is 0 Å². The Morgan fingerprint density at radius 3 is 2.42 bits per heavy atom. The van der Waals surface area contributed by atoms with Gasteiger partial charge in [-0.2, -0.15) is 0 Å². The molecule has 2 radical (unpaired) electrons. The number of halogens is 1. The molecular weight excluding hydrogens is 150 g/mol. The van der Waals surface area contributed by atoms with E-state index in [1.807, 2.05) is 0 Å². The number of hydrogen-bond acceptors (Lipinski definition) is 0. The second kappa shape index (κ2) is 3.39. The van der Waals surface area contributed by atoms with Crippen molar-refractivity contribution < 1.29 is 4.39 Å². The smallest absolute Gasteiger partial charge is 0.121 e. The Balaban J connectivity index is 2.64. The molecule has 0 saturated heterocycles. The molecule has 1 fully saturated rings. The maximum absolute atomic E-state index is 13.8. The highest BCUT2D eigenvalue weighted by Crippen LogP contribution is 2.41. The van der Waals surface area contributed by atoms with E-state index in [1.165, 1.54) is 0 Å². The largest absolute Gasteiger partial charge is 0.255 e. The lowest BCUT2D eigenvalue weighted by atomic mass is 9.59. The molecule has 3 atom stereocenters. The van der Waals surface area contributed by atoms with Crippen molar-refractivity contribution in [1.82, 2.24) is 0 Å². The van der Waals surface area contributed by atoms with Crippen molar-refractivity contribution in [3.05, 3.63) is 0 Å². The highest BCUT2D eigenvalue weighted by atomic mass is 19.1. The third kappa shape index (κ3) is 2.02. The average molecular weight is 168 g/mol. The van der Waals surface area contributed by atoms with E-state index in [4.69, 9.17) is 7.85 Å². The fraction of sp³-hybridized carbons (Fsp3) is 1.00. The molecule has 1 aliphatic carbocycles. The maximum Gasteiger partial charge on any atom is 0.121 e. The molecule has 0 aromatic rings. The van der Waals surface area contributed by atoms with Gasteiger partial charge in [0, 0.05) is 0 Å². The Morgan fingerprint density at radius 2 is 2.00 bits per heavy atom. The van der Waals surface area contributed by atoms with Gasteiger partial charge in [-0.15, -0.1) is 0 Å². The van der Waals surface area contributed by atoms with Crippen LogP contribution in [0.25, 0.3) is 0 Å². The lowest BCUT2D eigenvalue weighted by Crippen LogP contribution is -2.42. The molecule has 0 aromatic carbocycles. The number of rotatable bonds is 1. The van der Waals surface area contributed by atoms with Gasteiger partial charge in [0.05, 0.1) is 5.57 Å². The predicted molar refractivity (Wildman–Crippen MR) is 50.9 cm³/mol. The quantitative estimate of drug-likeness (QED) is 0.528. The molecule has 0 aromatic heterocycles. The maximum atomic E-state index is 13.8. The minimum Gasteiger partial charge on any atom is -0.255 e. The van der Waals surface area contributed by atoms with Gasteiger partial charge in [-0.25, -0.2) is 0 Å². The Kier molecular flexibility index (Phi) is 2.85. The Bertz CT molecular complexity index is 154. The fourth-order valence-electron chi connectivity index (χ4n) is 2.38. The van der Waals surface area contributed by atoms with Gasteiger partial charge in [0.25, 0.3) is 0 Å². The normalized spacial score (nSPS) is 43.4. The topological polar surface area (TPSA) is 0 Å². The van der Waals surface area contributed by atoms with E-state index in [2.05, 4.69) is 20.8 Å². The van der Waals surface area contributed by atoms with Gasteiger partial charge in [-0.1, -0.05) is 27.2 Å². The van der Waals surface area contributed by atoms with E-state index in [9.17, 15) is 4.39 Å². The van der Waals surface area contributed by atoms with Crippen LogP contribution >= 0.6 is 0 Å². The molecule has 0 heterocycles. The van der Waals surface area contributed by atoms with Crippen molar-refractivity contribution in [2.24, 2.45) is 17.8 Å². The Labute approximate surface area is 76.3 Å². The molecule has 1 aliphatic rings. The van der Waals surface area contributed by atoms with Gasteiger partial charge < -0.3 is 0 Å². The van der Waals surface area contributed by atoms with Crippen LogP contribution in [-0.2, 0) is 0 Å². The lowest BCUT2D eigenvalue weighted by Gasteiger charge is -2.41. The van der Waals surface area contributed by atoms with E-state index < -0.39 is 5.57 Å². The second-order valence-corrected chi connectivity index (χ2v) is 4.66. The Morgan fingerprint density at radius 1 is 1.42 bits per heavy atom. The van der Waals surface area contributed by atoms with Crippen LogP contribution in [0.2, 0.25) is 0 Å². The molecule has 3 unspecified atom stereocenters. The summed E-state index contributed by atoms with van der Waals surface area (Å²) in [7, 11) is 5.65. The predicted octanol–water partition coefficient (Wildman–Crippen LogP) is 2.91. The third-order valence-electron chi connectivity index (χ3n) is 3.05. The zero-order chi connectivity index (χ0) is 9.35. The molecule has 1 rings (SSSR count). The molecule has 0 nitrogen and oxygen atoms in total. The fourth-order valence-corrected chi connectivity index (χ4v) is 2.38. The molecule has 68 valence electrons. The van der Waals surface area contributed by atoms with Crippen molar-refractivity contribution in [2.75, 3.05) is 0 Å². The molecule has 0 spiro atoms. The van der Waals surface area contributed by atoms with Crippen LogP contribution in [0.15, 0.2) is 0 Å². The molecule has 1 saturated carbocycles. The van der Waals surface area contributed by atoms with E-state index >= 15 is 0 Å². The highest BCUT2D eigenvalue weighted by molar-refractivity contribution is 6.14. The minimum atomic E-state index is -1.41. The summed E-state index contributed by atoms with van der Waals surface area (Å²) < 4.78 is 13.8. The van der Waals surface area contributed by atoms with Crippen molar-refractivity contribution in [3.63, 3.8) is 0 Å². The van der Waals surface area contributed by atoms with Crippen molar-refractivity contribution in [3.8, 4) is 0 Å². The summed E-state index contributed by atoms with van der Waals surface area (Å²) in [4.78, 5) is 0. The van der Waals surface area contributed by atoms with Crippen LogP contribution in [0.3, 0.4) is 0 Å². The summed E-state index contributed by atoms with van der Waals surface area (Å²) in [5.41, 5.74) is -1.41. The highest BCUT2D eigenvalue weighted by Gasteiger charge is 2.39. The first-order chi connectivity index (χ1) is 5.43. The van der Waals surface area contributed by atoms with Crippen LogP contribution in [0.1, 0.15) is 40.0 Å². The first kappa shape index (κ1) is 10.1. The zero-order valence-corrected chi connectivity index (χ0v) is 8.31. The van der Waals surface area contributed by atoms with Crippen LogP contribution in [0.5, 0.6) is 0 Å². The number of hydrogen-bond donors (Lipinski definition) is 0. The van der Waals surface area contributed by atoms with Crippen LogP contribution in [0, 0.1) is 17.8 Å². The summed E-state index contributed by atoms with van der Waals surface area (Å²) in [6.45, 7) is 6.20. The van der Waals surface area contributed by atoms with E-state index in [0.717, 1.165) is 12.8 Å². The van der Waals surface area contributed by atoms with E-state index in [-0.39, 0.29) is 5.92 Å². The summed E-state index contributed by atoms with van der Waals surface area (Å²) in [6.07, 6.45) is 2.62. The second-order valence-electron chi connectivity index (χ2n) is 4.66. The average Bonchev–Trinajstić information content (AvgIpc) is 1.82. The molecule has 2 heteroatoms. The van der Waals surface area contributed by atoms with E-state index in [0.29, 0.717) is 18.3 Å². The minimum absolute atomic E-state index is 0.0636. The van der Waals surface area contributed by atoms with Crippen LogP contribution in [0.4, 0.5) is 4.39 Å². The van der Waals surface area contributed by atoms with E-state index in [1.54, 1.807) is 0 Å². The van der Waals surface area contributed by atoms with Crippen LogP contribution < -0.4 is 0 Å². The summed E-state index contributed by atoms with van der Waals surface area (Å²) in [5.74, 6) is 0.885. The lowest BCUT2D eigenvalue weighted by molar-refractivity contribution is 0.0629. The molecule has 0 N–H and O–H groups in total. The standard InChI is InChI=1S/C10H18BF/c1-7(2)9-5-4-8(3)6-10(9,11)12/h7-9H,4-6H2,1-3H3. The first-order valence-electron chi connectivity index (χ1n) is 4.91. The van der Waals surface area contributed by atoms with Crippen molar-refractivity contribution >= 4 is 7.85 Å². The molecule has 0 amide bonds. The summed E-state index contributed by atoms with van der Waals surface area (Å²) in [6, 6.07) is 0. The summed E-state index contributed by atoms with van der Waals surface area (Å²) >= 11 is 0. The molecular formula is C10H18BF. The third-order valence-corrected chi connectivity index (χ3v) is 3.05. The molecule has 0 bridgehead atoms. The van der Waals surface area contributed by atoms with Crippen molar-refractivity contribution in [2.45, 2.75) is 45.6 Å². The van der Waals surface area contributed by atoms with Crippen LogP contribution in [-0.4, -0.2) is 13.4 Å². The summed E-state index contributed by atoms with van der Waals surface area (Å²) in [5, 5.41) is 0. The molecule has 0 aliphatic heterocycles. The van der Waals surface area contributed by atoms with Gasteiger partial charge >= 0.3 is 0 Å². The zero-order valence-electron chi connectivity index (χ0n) is 8.31. The van der Waals surface area contributed by atoms with Gasteiger partial charge in [-0.05, 0) is 30.6 Å². The Hall–Kier alpha value is -0.00506. The van der Waals surface area contributed by atoms with Gasteiger partial charge in [0.1, 0.15) is 7.85 Å². The first-order valence-corrected chi connectivity index (χ1v) is 4.91. The SMILES string of the molecule is [B]C1(F)CC(C)CCC1C(C)C.